The number of carbonyl (C=O) groups is 1. The molecule has 0 N–H and O–H groups in total. The molecule has 140 valence electrons. The van der Waals surface area contributed by atoms with Crippen molar-refractivity contribution in [3.05, 3.63) is 82.5 Å². The van der Waals surface area contributed by atoms with Crippen LogP contribution in [-0.4, -0.2) is 11.1 Å². The van der Waals surface area contributed by atoms with E-state index in [1.807, 2.05) is 13.8 Å². The summed E-state index contributed by atoms with van der Waals surface area (Å²) in [5, 5.41) is 3.89. The highest BCUT2D eigenvalue weighted by Gasteiger charge is 2.15. The smallest absolute Gasteiger partial charge is 0.338 e. The van der Waals surface area contributed by atoms with Crippen molar-refractivity contribution in [3.8, 4) is 5.75 Å². The summed E-state index contributed by atoms with van der Waals surface area (Å²) < 4.78 is 29.3. The van der Waals surface area contributed by atoms with Crippen LogP contribution in [0.5, 0.6) is 5.75 Å². The Kier molecular flexibility index (Phi) is 5.54. The minimum Gasteiger partial charge on any atom is -0.489 e. The van der Waals surface area contributed by atoms with E-state index >= 15 is 0 Å². The molecule has 1 atom stereocenters. The standard InChI is InChI=1S/C21H20FNO4/c1-13-20(15(3)27-23-13)12-25-19-6-4-5-17(11-19)21(24)26-14(2)16-7-9-18(22)10-8-16/h4-11,14H,12H2,1-3H3/t14-/m0/s1. The number of aromatic nitrogens is 1. The van der Waals surface area contributed by atoms with Crippen LogP contribution >= 0.6 is 0 Å². The van der Waals surface area contributed by atoms with Gasteiger partial charge in [-0.05, 0) is 56.7 Å². The minimum absolute atomic E-state index is 0.297. The van der Waals surface area contributed by atoms with Crippen molar-refractivity contribution in [2.24, 2.45) is 0 Å². The first-order valence-corrected chi connectivity index (χ1v) is 8.55. The van der Waals surface area contributed by atoms with Gasteiger partial charge in [-0.15, -0.1) is 0 Å². The SMILES string of the molecule is Cc1noc(C)c1COc1cccc(C(=O)O[C@@H](C)c2ccc(F)cc2)c1. The third kappa shape index (κ3) is 4.53. The average molecular weight is 369 g/mol. The number of nitrogens with zero attached hydrogens (tertiary/aromatic N) is 1. The predicted molar refractivity (Wildman–Crippen MR) is 97.0 cm³/mol. The zero-order chi connectivity index (χ0) is 19.4. The van der Waals surface area contributed by atoms with Gasteiger partial charge in [-0.2, -0.15) is 0 Å². The number of hydrogen-bond acceptors (Lipinski definition) is 5. The molecule has 1 aromatic heterocycles. The third-order valence-electron chi connectivity index (χ3n) is 4.26. The quantitative estimate of drug-likeness (QED) is 0.577. The number of benzene rings is 2. The summed E-state index contributed by atoms with van der Waals surface area (Å²) >= 11 is 0. The van der Waals surface area contributed by atoms with Crippen molar-refractivity contribution in [2.45, 2.75) is 33.5 Å². The van der Waals surface area contributed by atoms with Gasteiger partial charge in [0.05, 0.1) is 16.8 Å². The van der Waals surface area contributed by atoms with Gasteiger partial charge in [0.2, 0.25) is 0 Å². The molecule has 0 spiro atoms. The van der Waals surface area contributed by atoms with Crippen LogP contribution in [0.2, 0.25) is 0 Å². The molecule has 0 aliphatic heterocycles. The van der Waals surface area contributed by atoms with Crippen molar-refractivity contribution >= 4 is 5.97 Å². The second kappa shape index (κ2) is 8.03. The fourth-order valence-electron chi connectivity index (χ4n) is 2.61. The summed E-state index contributed by atoms with van der Waals surface area (Å²) in [4.78, 5) is 12.4. The van der Waals surface area contributed by atoms with E-state index in [4.69, 9.17) is 14.0 Å². The molecule has 0 bridgehead atoms. The predicted octanol–water partition coefficient (Wildman–Crippen LogP) is 4.93. The van der Waals surface area contributed by atoms with Gasteiger partial charge in [0, 0.05) is 0 Å². The van der Waals surface area contributed by atoms with Crippen molar-refractivity contribution < 1.29 is 23.2 Å². The highest BCUT2D eigenvalue weighted by Crippen LogP contribution is 2.22. The molecule has 27 heavy (non-hydrogen) atoms. The zero-order valence-corrected chi connectivity index (χ0v) is 15.4. The van der Waals surface area contributed by atoms with Crippen molar-refractivity contribution in [2.75, 3.05) is 0 Å². The highest BCUT2D eigenvalue weighted by molar-refractivity contribution is 5.90. The van der Waals surface area contributed by atoms with Crippen LogP contribution in [0.3, 0.4) is 0 Å². The number of halogens is 1. The lowest BCUT2D eigenvalue weighted by Gasteiger charge is -2.14. The first-order valence-electron chi connectivity index (χ1n) is 8.55. The molecule has 2 aromatic carbocycles. The molecule has 5 nitrogen and oxygen atoms in total. The third-order valence-corrected chi connectivity index (χ3v) is 4.26. The molecule has 0 radical (unpaired) electrons. The molecule has 0 fully saturated rings. The van der Waals surface area contributed by atoms with Gasteiger partial charge in [-0.25, -0.2) is 9.18 Å². The van der Waals surface area contributed by atoms with Gasteiger partial charge < -0.3 is 14.0 Å². The Morgan fingerprint density at radius 2 is 1.93 bits per heavy atom. The number of rotatable bonds is 6. The Labute approximate surface area is 156 Å². The van der Waals surface area contributed by atoms with Gasteiger partial charge in [-0.3, -0.25) is 0 Å². The first-order chi connectivity index (χ1) is 12.9. The monoisotopic (exact) mass is 369 g/mol. The molecule has 0 amide bonds. The van der Waals surface area contributed by atoms with Gasteiger partial charge in [0.1, 0.15) is 30.0 Å². The molecule has 6 heteroatoms. The lowest BCUT2D eigenvalue weighted by Crippen LogP contribution is -2.09. The van der Waals surface area contributed by atoms with Crippen molar-refractivity contribution in [1.29, 1.82) is 0 Å². The molecule has 3 rings (SSSR count). The molecular formula is C21H20FNO4. The van der Waals surface area contributed by atoms with Gasteiger partial charge in [-0.1, -0.05) is 23.4 Å². The molecule has 0 saturated heterocycles. The van der Waals surface area contributed by atoms with E-state index < -0.39 is 12.1 Å². The molecule has 3 aromatic rings. The topological polar surface area (TPSA) is 61.6 Å². The van der Waals surface area contributed by atoms with E-state index in [0.29, 0.717) is 23.7 Å². The van der Waals surface area contributed by atoms with E-state index in [1.165, 1.54) is 12.1 Å². The van der Waals surface area contributed by atoms with Gasteiger partial charge in [0.25, 0.3) is 0 Å². The number of aryl methyl sites for hydroxylation is 2. The van der Waals surface area contributed by atoms with Crippen LogP contribution in [0.15, 0.2) is 53.1 Å². The maximum Gasteiger partial charge on any atom is 0.338 e. The summed E-state index contributed by atoms with van der Waals surface area (Å²) in [7, 11) is 0. The van der Waals surface area contributed by atoms with E-state index in [-0.39, 0.29) is 5.82 Å². The zero-order valence-electron chi connectivity index (χ0n) is 15.4. The van der Waals surface area contributed by atoms with E-state index in [9.17, 15) is 9.18 Å². The maximum atomic E-state index is 13.0. The van der Waals surface area contributed by atoms with E-state index in [1.54, 1.807) is 43.3 Å². The second-order valence-corrected chi connectivity index (χ2v) is 6.22. The van der Waals surface area contributed by atoms with Crippen LogP contribution < -0.4 is 4.74 Å². The number of esters is 1. The maximum absolute atomic E-state index is 13.0. The second-order valence-electron chi connectivity index (χ2n) is 6.22. The Morgan fingerprint density at radius 3 is 2.59 bits per heavy atom. The normalized spacial score (nSPS) is 11.9. The Bertz CT molecular complexity index is 914. The molecular weight excluding hydrogens is 349 g/mol. The lowest BCUT2D eigenvalue weighted by molar-refractivity contribution is 0.0337. The van der Waals surface area contributed by atoms with Crippen LogP contribution in [0.1, 0.15) is 46.0 Å². The lowest BCUT2D eigenvalue weighted by atomic mass is 10.1. The van der Waals surface area contributed by atoms with Crippen LogP contribution in [0, 0.1) is 19.7 Å². The summed E-state index contributed by atoms with van der Waals surface area (Å²) in [5.41, 5.74) is 2.75. The van der Waals surface area contributed by atoms with Gasteiger partial charge in [0.15, 0.2) is 0 Å². The number of ether oxygens (including phenoxy) is 2. The largest absolute Gasteiger partial charge is 0.489 e. The molecule has 0 aliphatic rings. The Hall–Kier alpha value is -3.15. The average Bonchev–Trinajstić information content (AvgIpc) is 2.98. The summed E-state index contributed by atoms with van der Waals surface area (Å²) in [6, 6.07) is 12.6. The van der Waals surface area contributed by atoms with Crippen LogP contribution in [0.25, 0.3) is 0 Å². The van der Waals surface area contributed by atoms with E-state index in [2.05, 4.69) is 5.16 Å². The molecule has 1 heterocycles. The number of carbonyl (C=O) groups excluding carboxylic acids is 1. The Balaban J connectivity index is 1.65. The van der Waals surface area contributed by atoms with Crippen LogP contribution in [0.4, 0.5) is 4.39 Å². The molecule has 0 aliphatic carbocycles. The molecule has 0 unspecified atom stereocenters. The fourth-order valence-corrected chi connectivity index (χ4v) is 2.61. The summed E-state index contributed by atoms with van der Waals surface area (Å²) in [6.45, 7) is 5.71. The summed E-state index contributed by atoms with van der Waals surface area (Å²) in [5.74, 6) is 0.435. The van der Waals surface area contributed by atoms with Crippen molar-refractivity contribution in [3.63, 3.8) is 0 Å². The van der Waals surface area contributed by atoms with Crippen molar-refractivity contribution in [1.82, 2.24) is 5.16 Å². The first kappa shape index (κ1) is 18.6. The number of hydrogen-bond donors (Lipinski definition) is 0. The van der Waals surface area contributed by atoms with E-state index in [0.717, 1.165) is 16.8 Å². The highest BCUT2D eigenvalue weighted by atomic mass is 19.1. The Morgan fingerprint density at radius 1 is 1.19 bits per heavy atom. The van der Waals surface area contributed by atoms with Gasteiger partial charge >= 0.3 is 5.97 Å². The molecule has 0 saturated carbocycles. The fraction of sp³-hybridized carbons (Fsp3) is 0.238. The summed E-state index contributed by atoms with van der Waals surface area (Å²) in [6.07, 6.45) is -0.495. The van der Waals surface area contributed by atoms with Crippen LogP contribution in [-0.2, 0) is 11.3 Å². The minimum atomic E-state index is -0.495.